The van der Waals surface area contributed by atoms with Gasteiger partial charge in [0.25, 0.3) is 0 Å². The average molecular weight is 433 g/mol. The van der Waals surface area contributed by atoms with Gasteiger partial charge in [-0.25, -0.2) is 14.2 Å². The highest BCUT2D eigenvalue weighted by molar-refractivity contribution is 5.89. The van der Waals surface area contributed by atoms with Crippen LogP contribution in [0.2, 0.25) is 0 Å². The van der Waals surface area contributed by atoms with Crippen LogP contribution in [-0.4, -0.2) is 36.9 Å². The van der Waals surface area contributed by atoms with Crippen molar-refractivity contribution in [3.63, 3.8) is 0 Å². The summed E-state index contributed by atoms with van der Waals surface area (Å²) in [4.78, 5) is 16.9. The number of halogens is 1. The molecule has 2 aromatic heterocycles. The van der Waals surface area contributed by atoms with E-state index in [1.165, 1.54) is 12.1 Å². The lowest BCUT2D eigenvalue weighted by Crippen LogP contribution is -2.14. The molecule has 32 heavy (non-hydrogen) atoms. The number of hydrogen-bond acceptors (Lipinski definition) is 6. The maximum Gasteiger partial charge on any atom is 0.358 e. The Labute approximate surface area is 183 Å². The lowest BCUT2D eigenvalue weighted by atomic mass is 10.1. The summed E-state index contributed by atoms with van der Waals surface area (Å²) in [5.74, 6) is 0.947. The molecule has 0 saturated heterocycles. The second-order valence-corrected chi connectivity index (χ2v) is 7.42. The van der Waals surface area contributed by atoms with E-state index in [0.29, 0.717) is 29.6 Å². The minimum absolute atomic E-state index is 0.128. The van der Waals surface area contributed by atoms with Gasteiger partial charge in [-0.2, -0.15) is 0 Å². The zero-order valence-corrected chi connectivity index (χ0v) is 17.6. The maximum absolute atomic E-state index is 13.2. The van der Waals surface area contributed by atoms with Crippen LogP contribution in [-0.2, 0) is 17.9 Å². The molecule has 0 aliphatic carbocycles. The number of ether oxygens (including phenoxy) is 2. The van der Waals surface area contributed by atoms with Gasteiger partial charge in [0.15, 0.2) is 17.3 Å². The van der Waals surface area contributed by atoms with Crippen LogP contribution in [0.3, 0.4) is 0 Å². The monoisotopic (exact) mass is 433 g/mol. The Hall–Kier alpha value is -4.01. The Bertz CT molecular complexity index is 1310. The summed E-state index contributed by atoms with van der Waals surface area (Å²) in [6, 6.07) is 11.8. The summed E-state index contributed by atoms with van der Waals surface area (Å²) in [5.41, 5.74) is 3.72. The SMILES string of the molecule is CCOC(=O)c1ncn2c1Cn1c(COc3ccc(F)cc3)nnc1-c1cc(C)ccc1-2. The summed E-state index contributed by atoms with van der Waals surface area (Å²) in [6.45, 7) is 4.46. The van der Waals surface area contributed by atoms with E-state index < -0.39 is 5.97 Å². The molecule has 9 heteroatoms. The summed E-state index contributed by atoms with van der Waals surface area (Å²) in [7, 11) is 0. The number of rotatable bonds is 5. The normalized spacial score (nSPS) is 11.8. The molecule has 0 saturated carbocycles. The summed E-state index contributed by atoms with van der Waals surface area (Å²) >= 11 is 0. The lowest BCUT2D eigenvalue weighted by molar-refractivity contribution is 0.0518. The smallest absolute Gasteiger partial charge is 0.358 e. The molecule has 1 aliphatic heterocycles. The first kappa shape index (κ1) is 19.9. The zero-order chi connectivity index (χ0) is 22.2. The van der Waals surface area contributed by atoms with Crippen molar-refractivity contribution in [2.24, 2.45) is 0 Å². The Balaban J connectivity index is 1.59. The van der Waals surface area contributed by atoms with E-state index >= 15 is 0 Å². The van der Waals surface area contributed by atoms with E-state index in [1.807, 2.05) is 34.3 Å². The summed E-state index contributed by atoms with van der Waals surface area (Å²) < 4.78 is 28.0. The molecule has 0 fully saturated rings. The quantitative estimate of drug-likeness (QED) is 0.393. The molecule has 1 aliphatic rings. The molecule has 0 bridgehead atoms. The van der Waals surface area contributed by atoms with Gasteiger partial charge in [0.2, 0.25) is 0 Å². The molecule has 0 atom stereocenters. The van der Waals surface area contributed by atoms with Crippen LogP contribution in [0.25, 0.3) is 17.1 Å². The Kier molecular flexibility index (Phi) is 4.93. The second kappa shape index (κ2) is 7.92. The molecule has 2 aromatic carbocycles. The summed E-state index contributed by atoms with van der Waals surface area (Å²) in [6.07, 6.45) is 1.63. The van der Waals surface area contributed by atoms with Crippen molar-refractivity contribution >= 4 is 5.97 Å². The van der Waals surface area contributed by atoms with Crippen molar-refractivity contribution in [2.75, 3.05) is 6.61 Å². The van der Waals surface area contributed by atoms with E-state index in [0.717, 1.165) is 16.8 Å². The van der Waals surface area contributed by atoms with E-state index in [-0.39, 0.29) is 24.7 Å². The fraction of sp³-hybridized carbons (Fsp3) is 0.217. The van der Waals surface area contributed by atoms with Gasteiger partial charge in [-0.1, -0.05) is 11.6 Å². The molecule has 0 amide bonds. The van der Waals surface area contributed by atoms with Gasteiger partial charge in [-0.3, -0.25) is 4.57 Å². The first-order chi connectivity index (χ1) is 15.5. The fourth-order valence-electron chi connectivity index (χ4n) is 3.78. The molecule has 5 rings (SSSR count). The van der Waals surface area contributed by atoms with Crippen molar-refractivity contribution in [1.29, 1.82) is 0 Å². The van der Waals surface area contributed by atoms with Gasteiger partial charge in [0.05, 0.1) is 24.5 Å². The highest BCUT2D eigenvalue weighted by Crippen LogP contribution is 2.33. The number of esters is 1. The van der Waals surface area contributed by atoms with Gasteiger partial charge in [-0.15, -0.1) is 10.2 Å². The highest BCUT2D eigenvalue weighted by Gasteiger charge is 2.28. The number of aromatic nitrogens is 5. The van der Waals surface area contributed by atoms with Gasteiger partial charge < -0.3 is 14.0 Å². The summed E-state index contributed by atoms with van der Waals surface area (Å²) in [5, 5.41) is 8.76. The van der Waals surface area contributed by atoms with Crippen LogP contribution in [0.5, 0.6) is 5.75 Å². The topological polar surface area (TPSA) is 84.1 Å². The number of carbonyl (C=O) groups is 1. The van der Waals surface area contributed by atoms with E-state index in [9.17, 15) is 9.18 Å². The van der Waals surface area contributed by atoms with Crippen molar-refractivity contribution in [1.82, 2.24) is 24.3 Å². The second-order valence-electron chi connectivity index (χ2n) is 7.42. The largest absolute Gasteiger partial charge is 0.486 e. The van der Waals surface area contributed by atoms with Gasteiger partial charge in [0.1, 0.15) is 24.5 Å². The lowest BCUT2D eigenvalue weighted by Gasteiger charge is -2.10. The molecule has 4 aromatic rings. The van der Waals surface area contributed by atoms with E-state index in [1.54, 1.807) is 25.4 Å². The maximum atomic E-state index is 13.2. The zero-order valence-electron chi connectivity index (χ0n) is 17.6. The molecule has 0 radical (unpaired) electrons. The molecule has 8 nitrogen and oxygen atoms in total. The molecular weight excluding hydrogens is 413 g/mol. The third-order valence-electron chi connectivity index (χ3n) is 5.30. The molecular formula is C23H20FN5O3. The van der Waals surface area contributed by atoms with Crippen molar-refractivity contribution in [3.05, 3.63) is 77.4 Å². The molecule has 162 valence electrons. The predicted molar refractivity (Wildman–Crippen MR) is 113 cm³/mol. The van der Waals surface area contributed by atoms with Gasteiger partial charge in [-0.05, 0) is 50.2 Å². The van der Waals surface area contributed by atoms with Crippen molar-refractivity contribution in [2.45, 2.75) is 27.0 Å². The third kappa shape index (κ3) is 3.41. The Morgan fingerprint density at radius 1 is 1.16 bits per heavy atom. The average Bonchev–Trinajstić information content (AvgIpc) is 3.35. The molecule has 0 spiro atoms. The van der Waals surface area contributed by atoms with Gasteiger partial charge in [0, 0.05) is 5.56 Å². The van der Waals surface area contributed by atoms with Crippen LogP contribution in [0.1, 0.15) is 34.5 Å². The molecule has 0 N–H and O–H groups in total. The van der Waals surface area contributed by atoms with Crippen molar-refractivity contribution < 1.29 is 18.7 Å². The number of carbonyl (C=O) groups excluding carboxylic acids is 1. The number of imidazole rings is 1. The number of hydrogen-bond donors (Lipinski definition) is 0. The van der Waals surface area contributed by atoms with Crippen LogP contribution in [0.15, 0.2) is 48.8 Å². The van der Waals surface area contributed by atoms with E-state index in [4.69, 9.17) is 9.47 Å². The third-order valence-corrected chi connectivity index (χ3v) is 5.30. The van der Waals surface area contributed by atoms with E-state index in [2.05, 4.69) is 15.2 Å². The molecule has 0 unspecified atom stereocenters. The first-order valence-corrected chi connectivity index (χ1v) is 10.2. The minimum Gasteiger partial charge on any atom is -0.486 e. The van der Waals surface area contributed by atoms with Gasteiger partial charge >= 0.3 is 5.97 Å². The Morgan fingerprint density at radius 3 is 2.75 bits per heavy atom. The predicted octanol–water partition coefficient (Wildman–Crippen LogP) is 3.70. The first-order valence-electron chi connectivity index (χ1n) is 10.2. The number of fused-ring (bicyclic) bond motifs is 5. The Morgan fingerprint density at radius 2 is 1.97 bits per heavy atom. The number of nitrogens with zero attached hydrogens (tertiary/aromatic N) is 5. The number of benzene rings is 2. The standard InChI is InChI=1S/C23H20FN5O3/c1-3-31-23(30)21-19-11-28-20(12-32-16-7-5-15(24)6-8-16)26-27-22(28)17-10-14(2)4-9-18(17)29(19)13-25-21/h4-10,13H,3,11-12H2,1-2H3. The highest BCUT2D eigenvalue weighted by atomic mass is 19.1. The van der Waals surface area contributed by atoms with Crippen LogP contribution in [0, 0.1) is 12.7 Å². The van der Waals surface area contributed by atoms with Crippen LogP contribution >= 0.6 is 0 Å². The van der Waals surface area contributed by atoms with Crippen LogP contribution in [0.4, 0.5) is 4.39 Å². The fourth-order valence-corrected chi connectivity index (χ4v) is 3.78. The minimum atomic E-state index is -0.476. The molecule has 3 heterocycles. The number of aryl methyl sites for hydroxylation is 1. The van der Waals surface area contributed by atoms with Crippen molar-refractivity contribution in [3.8, 4) is 22.8 Å². The van der Waals surface area contributed by atoms with Crippen LogP contribution < -0.4 is 4.74 Å².